The van der Waals surface area contributed by atoms with Crippen LogP contribution in [0, 0.1) is 11.3 Å². The van der Waals surface area contributed by atoms with Crippen LogP contribution in [-0.2, 0) is 4.74 Å². The maximum absolute atomic E-state index is 12.7. The Bertz CT molecular complexity index is 1240. The summed E-state index contributed by atoms with van der Waals surface area (Å²) in [5, 5.41) is 9.21. The Morgan fingerprint density at radius 2 is 1.68 bits per heavy atom. The number of nitriles is 1. The van der Waals surface area contributed by atoms with Gasteiger partial charge in [-0.2, -0.15) is 5.26 Å². The quantitative estimate of drug-likeness (QED) is 0.166. The summed E-state index contributed by atoms with van der Waals surface area (Å²) in [5.74, 6) is 1.00. The van der Waals surface area contributed by atoms with Crippen LogP contribution in [0.5, 0.6) is 11.5 Å². The summed E-state index contributed by atoms with van der Waals surface area (Å²) in [7, 11) is 0. The van der Waals surface area contributed by atoms with Crippen LogP contribution < -0.4 is 9.47 Å². The molecule has 0 amide bonds. The van der Waals surface area contributed by atoms with Crippen LogP contribution in [0.15, 0.2) is 60.7 Å². The van der Waals surface area contributed by atoms with Gasteiger partial charge in [-0.15, -0.1) is 0 Å². The van der Waals surface area contributed by atoms with E-state index in [9.17, 15) is 10.1 Å². The van der Waals surface area contributed by atoms with E-state index in [1.807, 2.05) is 48.5 Å². The van der Waals surface area contributed by atoms with Gasteiger partial charge in [0.1, 0.15) is 11.5 Å². The van der Waals surface area contributed by atoms with Crippen LogP contribution >= 0.6 is 0 Å². The van der Waals surface area contributed by atoms with Crippen LogP contribution in [0.4, 0.5) is 0 Å². The highest BCUT2D eigenvalue weighted by Gasteiger charge is 2.26. The number of unbranched alkanes of at least 4 members (excludes halogenated alkanes) is 2. The molecule has 2 atom stereocenters. The first-order valence-electron chi connectivity index (χ1n) is 11.9. The van der Waals surface area contributed by atoms with Gasteiger partial charge in [-0.05, 0) is 90.0 Å². The van der Waals surface area contributed by atoms with Gasteiger partial charge in [0.2, 0.25) is 0 Å². The van der Waals surface area contributed by atoms with Crippen molar-refractivity contribution >= 4 is 5.97 Å². The molecule has 1 aliphatic heterocycles. The van der Waals surface area contributed by atoms with E-state index in [0.717, 1.165) is 53.9 Å². The number of esters is 1. The zero-order valence-corrected chi connectivity index (χ0v) is 19.3. The summed E-state index contributed by atoms with van der Waals surface area (Å²) < 4.78 is 16.7. The summed E-state index contributed by atoms with van der Waals surface area (Å²) in [5.41, 5.74) is 5.61. The van der Waals surface area contributed by atoms with Crippen molar-refractivity contribution in [2.45, 2.75) is 44.6 Å². The van der Waals surface area contributed by atoms with Crippen LogP contribution in [0.25, 0.3) is 11.1 Å². The van der Waals surface area contributed by atoms with Gasteiger partial charge in [-0.3, -0.25) is 0 Å². The minimum atomic E-state index is -0.399. The molecule has 34 heavy (non-hydrogen) atoms. The molecule has 5 rings (SSSR count). The second-order valence-corrected chi connectivity index (χ2v) is 8.95. The molecule has 0 saturated carbocycles. The van der Waals surface area contributed by atoms with Crippen molar-refractivity contribution in [2.24, 2.45) is 0 Å². The van der Waals surface area contributed by atoms with Crippen LogP contribution in [0.2, 0.25) is 0 Å². The van der Waals surface area contributed by atoms with Crippen LogP contribution in [-0.4, -0.2) is 25.3 Å². The number of nitrogens with zero attached hydrogens (tertiary/aromatic N) is 1. The molecular formula is C29H27NO4. The van der Waals surface area contributed by atoms with Crippen molar-refractivity contribution < 1.29 is 19.0 Å². The number of fused-ring (bicyclic) bond motifs is 3. The third-order valence-corrected chi connectivity index (χ3v) is 6.57. The number of ether oxygens (including phenoxy) is 3. The summed E-state index contributed by atoms with van der Waals surface area (Å²) in [6, 6.07) is 20.8. The fourth-order valence-corrected chi connectivity index (χ4v) is 4.54. The van der Waals surface area contributed by atoms with E-state index in [4.69, 9.17) is 14.2 Å². The third-order valence-electron chi connectivity index (χ3n) is 6.57. The summed E-state index contributed by atoms with van der Waals surface area (Å²) in [4.78, 5) is 12.7. The van der Waals surface area contributed by atoms with Gasteiger partial charge < -0.3 is 14.2 Å². The van der Waals surface area contributed by atoms with E-state index in [0.29, 0.717) is 29.6 Å². The van der Waals surface area contributed by atoms with Gasteiger partial charge in [-0.25, -0.2) is 4.79 Å². The molecule has 3 aromatic rings. The molecular weight excluding hydrogens is 426 g/mol. The highest BCUT2D eigenvalue weighted by Crippen LogP contribution is 2.46. The van der Waals surface area contributed by atoms with E-state index in [2.05, 4.69) is 13.0 Å². The SMILES string of the molecule is CC1c2cc(C#N)ccc2-c2ccc(OC(=O)c3ccc(OCCCCCC4CO4)cc3)cc21. The van der Waals surface area contributed by atoms with E-state index in [-0.39, 0.29) is 5.92 Å². The van der Waals surface area contributed by atoms with Crippen molar-refractivity contribution in [3.8, 4) is 28.7 Å². The van der Waals surface area contributed by atoms with Gasteiger partial charge in [0, 0.05) is 5.92 Å². The lowest BCUT2D eigenvalue weighted by molar-refractivity contribution is 0.0734. The summed E-state index contributed by atoms with van der Waals surface area (Å²) in [6.45, 7) is 3.70. The molecule has 2 unspecified atom stereocenters. The molecule has 5 heteroatoms. The fraction of sp³-hybridized carbons (Fsp3) is 0.310. The summed E-state index contributed by atoms with van der Waals surface area (Å²) in [6.07, 6.45) is 4.97. The van der Waals surface area contributed by atoms with Crippen molar-refractivity contribution in [2.75, 3.05) is 13.2 Å². The largest absolute Gasteiger partial charge is 0.494 e. The molecule has 1 aliphatic carbocycles. The molecule has 0 N–H and O–H groups in total. The highest BCUT2D eigenvalue weighted by molar-refractivity contribution is 5.91. The molecule has 172 valence electrons. The number of carbonyl (C=O) groups is 1. The lowest BCUT2D eigenvalue weighted by atomic mass is 9.98. The van der Waals surface area contributed by atoms with Crippen molar-refractivity contribution in [3.63, 3.8) is 0 Å². The van der Waals surface area contributed by atoms with Crippen molar-refractivity contribution in [1.29, 1.82) is 5.26 Å². The molecule has 0 bridgehead atoms. The van der Waals surface area contributed by atoms with Gasteiger partial charge in [0.05, 0.1) is 36.5 Å². The lowest BCUT2D eigenvalue weighted by Gasteiger charge is -2.10. The first-order chi connectivity index (χ1) is 16.6. The van der Waals surface area contributed by atoms with E-state index in [1.165, 1.54) is 6.42 Å². The number of rotatable bonds is 9. The smallest absolute Gasteiger partial charge is 0.343 e. The Labute approximate surface area is 199 Å². The van der Waals surface area contributed by atoms with E-state index >= 15 is 0 Å². The number of carbonyl (C=O) groups excluding carboxylic acids is 1. The first-order valence-corrected chi connectivity index (χ1v) is 11.9. The van der Waals surface area contributed by atoms with Gasteiger partial charge >= 0.3 is 5.97 Å². The number of benzene rings is 3. The van der Waals surface area contributed by atoms with Crippen LogP contribution in [0.1, 0.15) is 65.6 Å². The highest BCUT2D eigenvalue weighted by atomic mass is 16.6. The molecule has 0 aromatic heterocycles. The maximum atomic E-state index is 12.7. The lowest BCUT2D eigenvalue weighted by Crippen LogP contribution is -2.08. The molecule has 5 nitrogen and oxygen atoms in total. The molecule has 0 radical (unpaired) electrons. The zero-order chi connectivity index (χ0) is 23.5. The van der Waals surface area contributed by atoms with Gasteiger partial charge in [-0.1, -0.05) is 25.5 Å². The zero-order valence-electron chi connectivity index (χ0n) is 19.3. The molecule has 1 fully saturated rings. The average Bonchev–Trinajstić information content (AvgIpc) is 3.66. The maximum Gasteiger partial charge on any atom is 0.343 e. The van der Waals surface area contributed by atoms with Gasteiger partial charge in [0.25, 0.3) is 0 Å². The Hall–Kier alpha value is -3.62. The molecule has 1 heterocycles. The Morgan fingerprint density at radius 3 is 2.41 bits per heavy atom. The van der Waals surface area contributed by atoms with Crippen LogP contribution in [0.3, 0.4) is 0 Å². The van der Waals surface area contributed by atoms with Crippen molar-refractivity contribution in [3.05, 3.63) is 82.9 Å². The predicted molar refractivity (Wildman–Crippen MR) is 129 cm³/mol. The Balaban J connectivity index is 1.17. The Kier molecular flexibility index (Phi) is 6.33. The number of hydrogen-bond donors (Lipinski definition) is 0. The molecule has 1 saturated heterocycles. The number of epoxide rings is 1. The molecule has 0 spiro atoms. The Morgan fingerprint density at radius 1 is 0.971 bits per heavy atom. The monoisotopic (exact) mass is 453 g/mol. The average molecular weight is 454 g/mol. The standard InChI is InChI=1S/C29H27NO4/c1-19-27-15-20(17-30)6-12-25(27)26-13-11-23(16-28(19)26)34-29(31)21-7-9-22(10-8-21)32-14-4-2-3-5-24-18-33-24/h6-13,15-16,19,24H,2-5,14,18H2,1H3. The fourth-order valence-electron chi connectivity index (χ4n) is 4.54. The summed E-state index contributed by atoms with van der Waals surface area (Å²) >= 11 is 0. The van der Waals surface area contributed by atoms with E-state index < -0.39 is 5.97 Å². The minimum Gasteiger partial charge on any atom is -0.494 e. The van der Waals surface area contributed by atoms with Gasteiger partial charge in [0.15, 0.2) is 0 Å². The number of hydrogen-bond acceptors (Lipinski definition) is 5. The molecule has 3 aromatic carbocycles. The normalized spacial score (nSPS) is 17.4. The molecule has 2 aliphatic rings. The van der Waals surface area contributed by atoms with Crippen molar-refractivity contribution in [1.82, 2.24) is 0 Å². The minimum absolute atomic E-state index is 0.135. The second-order valence-electron chi connectivity index (χ2n) is 8.95. The third kappa shape index (κ3) is 4.83. The second kappa shape index (κ2) is 9.70. The predicted octanol–water partition coefficient (Wildman–Crippen LogP) is 6.25. The topological polar surface area (TPSA) is 71.8 Å². The first kappa shape index (κ1) is 22.2. The van der Waals surface area contributed by atoms with E-state index in [1.54, 1.807) is 12.1 Å².